The van der Waals surface area contributed by atoms with E-state index < -0.39 is 5.56 Å². The first-order valence-electron chi connectivity index (χ1n) is 10.3. The summed E-state index contributed by atoms with van der Waals surface area (Å²) in [6.07, 6.45) is 5.91. The largest absolute Gasteiger partial charge is 0.380 e. The molecular weight excluding hydrogens is 409 g/mol. The summed E-state index contributed by atoms with van der Waals surface area (Å²) in [5.41, 5.74) is 1.43. The van der Waals surface area contributed by atoms with Gasteiger partial charge in [-0.15, -0.1) is 0 Å². The van der Waals surface area contributed by atoms with E-state index in [9.17, 15) is 19.2 Å². The van der Waals surface area contributed by atoms with Crippen LogP contribution in [0.2, 0.25) is 0 Å². The van der Waals surface area contributed by atoms with Gasteiger partial charge in [0, 0.05) is 36.9 Å². The van der Waals surface area contributed by atoms with E-state index in [4.69, 9.17) is 0 Å². The molecule has 3 heterocycles. The molecule has 1 aliphatic heterocycles. The molecular formula is C24H22FN5O2. The quantitative estimate of drug-likeness (QED) is 0.627. The van der Waals surface area contributed by atoms with Gasteiger partial charge >= 0.3 is 0 Å². The maximum absolute atomic E-state index is 13.3. The second kappa shape index (κ2) is 9.02. The Hall–Kier alpha value is -3.99. The summed E-state index contributed by atoms with van der Waals surface area (Å²) in [5.74, 6) is -0.451. The van der Waals surface area contributed by atoms with E-state index in [1.54, 1.807) is 35.5 Å². The van der Waals surface area contributed by atoms with Crippen LogP contribution in [0.25, 0.3) is 10.9 Å². The predicted molar refractivity (Wildman–Crippen MR) is 120 cm³/mol. The van der Waals surface area contributed by atoms with Crippen LogP contribution in [0.15, 0.2) is 60.2 Å². The fourth-order valence-corrected chi connectivity index (χ4v) is 4.06. The van der Waals surface area contributed by atoms with E-state index in [1.165, 1.54) is 22.8 Å². The highest BCUT2D eigenvalue weighted by Gasteiger charge is 2.24. The first kappa shape index (κ1) is 21.2. The molecule has 0 spiro atoms. The van der Waals surface area contributed by atoms with E-state index in [0.29, 0.717) is 42.5 Å². The molecule has 3 aromatic rings. The molecule has 0 radical (unpaired) electrons. The fraction of sp³-hybridized carbons (Fsp3) is 0.250. The van der Waals surface area contributed by atoms with Crippen LogP contribution in [0.5, 0.6) is 0 Å². The molecule has 2 aromatic heterocycles. The van der Waals surface area contributed by atoms with E-state index in [1.807, 2.05) is 0 Å². The SMILES string of the molecule is C=CC(=O)N1CCC(Nc2c(C#N)c(=O)n(Cc3ccc(F)cc3)c3ccncc23)CC1. The molecule has 32 heavy (non-hydrogen) atoms. The molecule has 1 amide bonds. The number of anilines is 1. The van der Waals surface area contributed by atoms with E-state index >= 15 is 0 Å². The Labute approximate surface area is 184 Å². The number of amides is 1. The molecule has 1 aromatic carbocycles. The van der Waals surface area contributed by atoms with Gasteiger partial charge in [-0.1, -0.05) is 18.7 Å². The lowest BCUT2D eigenvalue weighted by molar-refractivity contribution is -0.126. The van der Waals surface area contributed by atoms with Gasteiger partial charge in [0.25, 0.3) is 5.56 Å². The first-order chi connectivity index (χ1) is 15.5. The average molecular weight is 431 g/mol. The van der Waals surface area contributed by atoms with Crippen LogP contribution in [0.4, 0.5) is 10.1 Å². The Morgan fingerprint density at radius 1 is 1.28 bits per heavy atom. The second-order valence-electron chi connectivity index (χ2n) is 7.72. The van der Waals surface area contributed by atoms with E-state index in [0.717, 1.165) is 5.56 Å². The molecule has 1 N–H and O–H groups in total. The summed E-state index contributed by atoms with van der Waals surface area (Å²) in [4.78, 5) is 31.0. The molecule has 0 atom stereocenters. The molecule has 7 nitrogen and oxygen atoms in total. The van der Waals surface area contributed by atoms with Crippen molar-refractivity contribution in [3.05, 3.63) is 82.7 Å². The van der Waals surface area contributed by atoms with Crippen molar-refractivity contribution in [3.63, 3.8) is 0 Å². The van der Waals surface area contributed by atoms with Gasteiger partial charge in [-0.2, -0.15) is 5.26 Å². The molecule has 0 bridgehead atoms. The molecule has 0 saturated carbocycles. The number of likely N-dealkylation sites (tertiary alicyclic amines) is 1. The lowest BCUT2D eigenvalue weighted by atomic mass is 10.0. The van der Waals surface area contributed by atoms with Crippen LogP contribution in [0, 0.1) is 17.1 Å². The summed E-state index contributed by atoms with van der Waals surface area (Å²) in [6.45, 7) is 4.87. The average Bonchev–Trinajstić information content (AvgIpc) is 2.83. The number of carbonyl (C=O) groups is 1. The van der Waals surface area contributed by atoms with Crippen LogP contribution in [-0.2, 0) is 11.3 Å². The second-order valence-corrected chi connectivity index (χ2v) is 7.72. The summed E-state index contributed by atoms with van der Waals surface area (Å²) < 4.78 is 14.8. The van der Waals surface area contributed by atoms with Crippen LogP contribution in [-0.4, -0.2) is 39.5 Å². The Balaban J connectivity index is 1.71. The molecule has 162 valence electrons. The highest BCUT2D eigenvalue weighted by atomic mass is 19.1. The number of fused-ring (bicyclic) bond motifs is 1. The zero-order valence-electron chi connectivity index (χ0n) is 17.4. The monoisotopic (exact) mass is 431 g/mol. The molecule has 4 rings (SSSR count). The number of carbonyl (C=O) groups excluding carboxylic acids is 1. The maximum Gasteiger partial charge on any atom is 0.271 e. The lowest BCUT2D eigenvalue weighted by Crippen LogP contribution is -2.42. The third-order valence-corrected chi connectivity index (χ3v) is 5.76. The van der Waals surface area contributed by atoms with Gasteiger partial charge in [0.15, 0.2) is 0 Å². The van der Waals surface area contributed by atoms with Crippen LogP contribution in [0.1, 0.15) is 24.0 Å². The first-order valence-corrected chi connectivity index (χ1v) is 10.3. The van der Waals surface area contributed by atoms with Crippen LogP contribution >= 0.6 is 0 Å². The van der Waals surface area contributed by atoms with E-state index in [-0.39, 0.29) is 29.9 Å². The topological polar surface area (TPSA) is 91.0 Å². The number of nitriles is 1. The molecule has 8 heteroatoms. The standard InChI is InChI=1S/C24H22FN5O2/c1-2-22(31)29-11-8-18(9-12-29)28-23-19(13-26)24(32)30(21-7-10-27-14-20(21)23)15-16-3-5-17(25)6-4-16/h2-7,10,14,18,28H,1,8-9,11-12,15H2. The number of nitrogens with one attached hydrogen (secondary N) is 1. The number of aromatic nitrogens is 2. The third kappa shape index (κ3) is 4.10. The number of hydrogen-bond donors (Lipinski definition) is 1. The van der Waals surface area contributed by atoms with Crippen molar-refractivity contribution in [3.8, 4) is 6.07 Å². The number of nitrogens with zero attached hydrogens (tertiary/aromatic N) is 4. The van der Waals surface area contributed by atoms with Crippen molar-refractivity contribution in [2.75, 3.05) is 18.4 Å². The highest BCUT2D eigenvalue weighted by molar-refractivity contribution is 5.94. The van der Waals surface area contributed by atoms with E-state index in [2.05, 4.69) is 22.9 Å². The predicted octanol–water partition coefficient (Wildman–Crippen LogP) is 3.04. The van der Waals surface area contributed by atoms with Crippen molar-refractivity contribution < 1.29 is 9.18 Å². The molecule has 0 unspecified atom stereocenters. The van der Waals surface area contributed by atoms with Gasteiger partial charge in [0.2, 0.25) is 5.91 Å². The number of pyridine rings is 2. The molecule has 0 aliphatic carbocycles. The summed E-state index contributed by atoms with van der Waals surface area (Å²) >= 11 is 0. The van der Waals surface area contributed by atoms with Gasteiger partial charge in [-0.3, -0.25) is 14.6 Å². The van der Waals surface area contributed by atoms with Gasteiger partial charge in [-0.25, -0.2) is 4.39 Å². The van der Waals surface area contributed by atoms with Crippen molar-refractivity contribution in [1.82, 2.24) is 14.5 Å². The normalized spacial score (nSPS) is 14.2. The van der Waals surface area contributed by atoms with Crippen molar-refractivity contribution in [1.29, 1.82) is 5.26 Å². The fourth-order valence-electron chi connectivity index (χ4n) is 4.06. The number of piperidine rings is 1. The number of halogens is 1. The summed E-state index contributed by atoms with van der Waals surface area (Å²) in [7, 11) is 0. The Bertz CT molecular complexity index is 1270. The molecule has 1 fully saturated rings. The van der Waals surface area contributed by atoms with Crippen molar-refractivity contribution >= 4 is 22.5 Å². The van der Waals surface area contributed by atoms with Gasteiger partial charge < -0.3 is 14.8 Å². The zero-order chi connectivity index (χ0) is 22.7. The number of rotatable bonds is 5. The minimum atomic E-state index is -0.419. The Kier molecular flexibility index (Phi) is 5.99. The Morgan fingerprint density at radius 3 is 2.66 bits per heavy atom. The van der Waals surface area contributed by atoms with Crippen molar-refractivity contribution in [2.45, 2.75) is 25.4 Å². The summed E-state index contributed by atoms with van der Waals surface area (Å²) in [6, 6.07) is 9.71. The maximum atomic E-state index is 13.3. The summed E-state index contributed by atoms with van der Waals surface area (Å²) in [5, 5.41) is 13.9. The molecule has 1 aliphatic rings. The number of benzene rings is 1. The van der Waals surface area contributed by atoms with Crippen LogP contribution in [0.3, 0.4) is 0 Å². The smallest absolute Gasteiger partial charge is 0.271 e. The Morgan fingerprint density at radius 2 is 2.00 bits per heavy atom. The minimum absolute atomic E-state index is 0.00622. The number of hydrogen-bond acceptors (Lipinski definition) is 5. The third-order valence-electron chi connectivity index (χ3n) is 5.76. The molecule has 1 saturated heterocycles. The van der Waals surface area contributed by atoms with Gasteiger partial charge in [0.05, 0.1) is 17.7 Å². The highest BCUT2D eigenvalue weighted by Crippen LogP contribution is 2.27. The lowest BCUT2D eigenvalue weighted by Gasteiger charge is -2.32. The van der Waals surface area contributed by atoms with Gasteiger partial charge in [0.1, 0.15) is 17.4 Å². The van der Waals surface area contributed by atoms with Crippen molar-refractivity contribution in [2.24, 2.45) is 0 Å². The van der Waals surface area contributed by atoms with Gasteiger partial charge in [-0.05, 0) is 42.7 Å². The zero-order valence-corrected chi connectivity index (χ0v) is 17.4. The van der Waals surface area contributed by atoms with Crippen LogP contribution < -0.4 is 10.9 Å². The minimum Gasteiger partial charge on any atom is -0.380 e.